The number of furan rings is 1. The number of halogens is 2. The maximum Gasteiger partial charge on any atom is 0.198 e. The van der Waals surface area contributed by atoms with Crippen LogP contribution in [0, 0.1) is 12.7 Å². The van der Waals surface area contributed by atoms with Crippen molar-refractivity contribution in [3.05, 3.63) is 58.3 Å². The molecule has 0 bridgehead atoms. The van der Waals surface area contributed by atoms with E-state index in [0.29, 0.717) is 11.3 Å². The third-order valence-electron chi connectivity index (χ3n) is 2.28. The summed E-state index contributed by atoms with van der Waals surface area (Å²) >= 11 is 5.84. The minimum absolute atomic E-state index is 0.145. The smallest absolute Gasteiger partial charge is 0.198 e. The summed E-state index contributed by atoms with van der Waals surface area (Å²) in [6.07, 6.45) is 1.41. The number of carbonyl (C=O) groups excluding carboxylic acids is 1. The Labute approximate surface area is 96.6 Å². The van der Waals surface area contributed by atoms with Crippen LogP contribution in [0.15, 0.2) is 34.9 Å². The summed E-state index contributed by atoms with van der Waals surface area (Å²) in [4.78, 5) is 12.0. The van der Waals surface area contributed by atoms with Crippen LogP contribution in [0.25, 0.3) is 0 Å². The molecule has 4 heteroatoms. The van der Waals surface area contributed by atoms with Gasteiger partial charge in [-0.1, -0.05) is 11.6 Å². The molecule has 0 fully saturated rings. The number of aryl methyl sites for hydroxylation is 1. The molecule has 0 aliphatic carbocycles. The minimum Gasteiger partial charge on any atom is -0.469 e. The normalized spacial score (nSPS) is 10.4. The van der Waals surface area contributed by atoms with Crippen molar-refractivity contribution in [1.82, 2.24) is 0 Å². The Hall–Kier alpha value is -1.61. The van der Waals surface area contributed by atoms with E-state index in [1.54, 1.807) is 13.0 Å². The Kier molecular flexibility index (Phi) is 2.79. The lowest BCUT2D eigenvalue weighted by Gasteiger charge is -2.02. The fourth-order valence-electron chi connectivity index (χ4n) is 1.44. The molecule has 82 valence electrons. The molecular weight excluding hydrogens is 231 g/mol. The van der Waals surface area contributed by atoms with Gasteiger partial charge in [-0.15, -0.1) is 0 Å². The number of benzene rings is 1. The first-order chi connectivity index (χ1) is 7.59. The predicted molar refractivity (Wildman–Crippen MR) is 58.3 cm³/mol. The third kappa shape index (κ3) is 1.86. The summed E-state index contributed by atoms with van der Waals surface area (Å²) in [5.74, 6) is -0.338. The van der Waals surface area contributed by atoms with Gasteiger partial charge in [-0.05, 0) is 31.2 Å². The van der Waals surface area contributed by atoms with Crippen molar-refractivity contribution in [2.24, 2.45) is 0 Å². The van der Waals surface area contributed by atoms with Crippen LogP contribution in [0.1, 0.15) is 21.7 Å². The van der Waals surface area contributed by atoms with E-state index >= 15 is 0 Å². The van der Waals surface area contributed by atoms with Gasteiger partial charge in [0.1, 0.15) is 11.6 Å². The molecule has 0 atom stereocenters. The summed E-state index contributed by atoms with van der Waals surface area (Å²) < 4.78 is 18.0. The highest BCUT2D eigenvalue weighted by Gasteiger charge is 2.17. The molecule has 0 amide bonds. The van der Waals surface area contributed by atoms with Gasteiger partial charge in [0.15, 0.2) is 5.78 Å². The predicted octanol–water partition coefficient (Wildman–Crippen LogP) is 3.61. The molecule has 1 heterocycles. The largest absolute Gasteiger partial charge is 0.469 e. The first kappa shape index (κ1) is 10.9. The Morgan fingerprint density at radius 3 is 2.69 bits per heavy atom. The average molecular weight is 239 g/mol. The number of rotatable bonds is 2. The second-order valence-electron chi connectivity index (χ2n) is 3.34. The molecule has 0 aliphatic heterocycles. The number of hydrogen-bond donors (Lipinski definition) is 0. The van der Waals surface area contributed by atoms with Crippen LogP contribution in [0.5, 0.6) is 0 Å². The van der Waals surface area contributed by atoms with Gasteiger partial charge in [0, 0.05) is 5.56 Å². The zero-order chi connectivity index (χ0) is 11.7. The molecule has 2 rings (SSSR count). The van der Waals surface area contributed by atoms with Crippen molar-refractivity contribution < 1.29 is 13.6 Å². The molecule has 16 heavy (non-hydrogen) atoms. The number of carbonyl (C=O) groups is 1. The molecule has 0 saturated carbocycles. The van der Waals surface area contributed by atoms with E-state index in [9.17, 15) is 9.18 Å². The van der Waals surface area contributed by atoms with E-state index in [-0.39, 0.29) is 16.4 Å². The second-order valence-corrected chi connectivity index (χ2v) is 3.75. The summed E-state index contributed by atoms with van der Waals surface area (Å²) in [5.41, 5.74) is 0.540. The van der Waals surface area contributed by atoms with E-state index < -0.39 is 5.82 Å². The van der Waals surface area contributed by atoms with Gasteiger partial charge in [-0.2, -0.15) is 0 Å². The molecule has 0 unspecified atom stereocenters. The van der Waals surface area contributed by atoms with Crippen molar-refractivity contribution in [3.63, 3.8) is 0 Å². The molecule has 0 spiro atoms. The molecule has 1 aromatic heterocycles. The minimum atomic E-state index is -0.492. The highest BCUT2D eigenvalue weighted by molar-refractivity contribution is 6.35. The maximum atomic E-state index is 13.0. The van der Waals surface area contributed by atoms with Crippen molar-refractivity contribution in [1.29, 1.82) is 0 Å². The third-order valence-corrected chi connectivity index (χ3v) is 2.61. The SMILES string of the molecule is Cc1occc1C(=O)c1cc(F)ccc1Cl. The van der Waals surface area contributed by atoms with Crippen LogP contribution < -0.4 is 0 Å². The Morgan fingerprint density at radius 2 is 2.06 bits per heavy atom. The molecule has 0 radical (unpaired) electrons. The molecule has 1 aromatic carbocycles. The summed E-state index contributed by atoms with van der Waals surface area (Å²) in [6, 6.07) is 5.23. The highest BCUT2D eigenvalue weighted by Crippen LogP contribution is 2.22. The van der Waals surface area contributed by atoms with Crippen molar-refractivity contribution in [2.45, 2.75) is 6.92 Å². The van der Waals surface area contributed by atoms with E-state index in [1.807, 2.05) is 0 Å². The van der Waals surface area contributed by atoms with E-state index in [0.717, 1.165) is 6.07 Å². The quantitative estimate of drug-likeness (QED) is 0.748. The van der Waals surface area contributed by atoms with Gasteiger partial charge in [-0.25, -0.2) is 4.39 Å². The molecular formula is C12H8ClFO2. The van der Waals surface area contributed by atoms with Crippen LogP contribution in [0.2, 0.25) is 5.02 Å². The second kappa shape index (κ2) is 4.10. The van der Waals surface area contributed by atoms with Crippen LogP contribution in [-0.2, 0) is 0 Å². The van der Waals surface area contributed by atoms with Gasteiger partial charge in [0.2, 0.25) is 0 Å². The Morgan fingerprint density at radius 1 is 1.31 bits per heavy atom. The first-order valence-corrected chi connectivity index (χ1v) is 5.01. The summed E-state index contributed by atoms with van der Waals surface area (Å²) in [5, 5.41) is 0.229. The van der Waals surface area contributed by atoms with Gasteiger partial charge in [0.05, 0.1) is 16.8 Å². The van der Waals surface area contributed by atoms with E-state index in [4.69, 9.17) is 16.0 Å². The monoisotopic (exact) mass is 238 g/mol. The van der Waals surface area contributed by atoms with Gasteiger partial charge < -0.3 is 4.42 Å². The Bertz CT molecular complexity index is 546. The molecule has 0 N–H and O–H groups in total. The average Bonchev–Trinajstić information content (AvgIpc) is 2.67. The fourth-order valence-corrected chi connectivity index (χ4v) is 1.64. The van der Waals surface area contributed by atoms with Crippen LogP contribution >= 0.6 is 11.6 Å². The standard InChI is InChI=1S/C12H8ClFO2/c1-7-9(4-5-16-7)12(15)10-6-8(14)2-3-11(10)13/h2-6H,1H3. The zero-order valence-electron chi connectivity index (χ0n) is 8.46. The highest BCUT2D eigenvalue weighted by atomic mass is 35.5. The topological polar surface area (TPSA) is 30.2 Å². The maximum absolute atomic E-state index is 13.0. The molecule has 2 aromatic rings. The molecule has 0 aliphatic rings. The van der Waals surface area contributed by atoms with Crippen LogP contribution in [0.4, 0.5) is 4.39 Å². The lowest BCUT2D eigenvalue weighted by Crippen LogP contribution is -2.03. The van der Waals surface area contributed by atoms with Gasteiger partial charge >= 0.3 is 0 Å². The van der Waals surface area contributed by atoms with Crippen molar-refractivity contribution >= 4 is 17.4 Å². The van der Waals surface area contributed by atoms with E-state index in [2.05, 4.69) is 0 Å². The molecule has 2 nitrogen and oxygen atoms in total. The first-order valence-electron chi connectivity index (χ1n) is 4.63. The Balaban J connectivity index is 2.49. The summed E-state index contributed by atoms with van der Waals surface area (Å²) in [6.45, 7) is 1.67. The zero-order valence-corrected chi connectivity index (χ0v) is 9.22. The van der Waals surface area contributed by atoms with E-state index in [1.165, 1.54) is 18.4 Å². The number of ketones is 1. The summed E-state index contributed by atoms with van der Waals surface area (Å²) in [7, 11) is 0. The van der Waals surface area contributed by atoms with Gasteiger partial charge in [-0.3, -0.25) is 4.79 Å². The lowest BCUT2D eigenvalue weighted by atomic mass is 10.0. The van der Waals surface area contributed by atoms with Gasteiger partial charge in [0.25, 0.3) is 0 Å². The van der Waals surface area contributed by atoms with Crippen molar-refractivity contribution in [3.8, 4) is 0 Å². The van der Waals surface area contributed by atoms with Crippen LogP contribution in [0.3, 0.4) is 0 Å². The van der Waals surface area contributed by atoms with Crippen LogP contribution in [-0.4, -0.2) is 5.78 Å². The van der Waals surface area contributed by atoms with Crippen molar-refractivity contribution in [2.75, 3.05) is 0 Å². The number of hydrogen-bond acceptors (Lipinski definition) is 2. The lowest BCUT2D eigenvalue weighted by molar-refractivity contribution is 0.103. The fraction of sp³-hybridized carbons (Fsp3) is 0.0833. The molecule has 0 saturated heterocycles.